The molecule has 1 aromatic rings. The molecule has 0 radical (unpaired) electrons. The number of carbonyl (C=O) groups excluding carboxylic acids is 1. The summed E-state index contributed by atoms with van der Waals surface area (Å²) in [4.78, 5) is 14.0. The van der Waals surface area contributed by atoms with Crippen LogP contribution in [0.25, 0.3) is 0 Å². The first-order valence-corrected chi connectivity index (χ1v) is 7.05. The number of carbonyl (C=O) groups is 1. The van der Waals surface area contributed by atoms with Gasteiger partial charge in [0.15, 0.2) is 0 Å². The quantitative estimate of drug-likeness (QED) is 0.801. The van der Waals surface area contributed by atoms with Crippen molar-refractivity contribution < 1.29 is 4.79 Å². The maximum atomic E-state index is 11.9. The first-order valence-electron chi connectivity index (χ1n) is 7.05. The van der Waals surface area contributed by atoms with E-state index >= 15 is 0 Å². The second-order valence-corrected chi connectivity index (χ2v) is 6.06. The average Bonchev–Trinajstić information content (AvgIpc) is 2.45. The van der Waals surface area contributed by atoms with Crippen LogP contribution in [0.4, 0.5) is 5.69 Å². The van der Waals surface area contributed by atoms with E-state index in [1.807, 2.05) is 7.05 Å². The van der Waals surface area contributed by atoms with Crippen LogP contribution in [0.2, 0.25) is 0 Å². The molecule has 0 aliphatic rings. The summed E-state index contributed by atoms with van der Waals surface area (Å²) in [6.45, 7) is 6.31. The first kappa shape index (κ1) is 17.2. The second-order valence-electron chi connectivity index (χ2n) is 6.06. The van der Waals surface area contributed by atoms with Crippen molar-refractivity contribution in [3.63, 3.8) is 0 Å². The topological polar surface area (TPSA) is 82.2 Å². The van der Waals surface area contributed by atoms with Crippen LogP contribution in [-0.4, -0.2) is 37.5 Å². The molecule has 1 aromatic carbocycles. The molecule has 0 saturated carbocycles. The molecule has 5 nitrogen and oxygen atoms in total. The molecule has 1 rings (SSSR count). The van der Waals surface area contributed by atoms with Gasteiger partial charge in [-0.15, -0.1) is 0 Å². The zero-order chi connectivity index (χ0) is 15.9. The number of anilines is 1. The molecule has 21 heavy (non-hydrogen) atoms. The number of hydrogen-bond donors (Lipinski definition) is 2. The normalized spacial score (nSPS) is 11.2. The number of nitriles is 1. The highest BCUT2D eigenvalue weighted by atomic mass is 16.1. The van der Waals surface area contributed by atoms with Gasteiger partial charge in [0.1, 0.15) is 6.07 Å². The van der Waals surface area contributed by atoms with E-state index in [0.29, 0.717) is 30.8 Å². The fraction of sp³-hybridized carbons (Fsp3) is 0.500. The van der Waals surface area contributed by atoms with Crippen LogP contribution in [0.3, 0.4) is 0 Å². The summed E-state index contributed by atoms with van der Waals surface area (Å²) in [5.74, 6) is -0.0879. The Morgan fingerprint density at radius 1 is 1.43 bits per heavy atom. The van der Waals surface area contributed by atoms with E-state index < -0.39 is 0 Å². The molecule has 0 unspecified atom stereocenters. The van der Waals surface area contributed by atoms with E-state index in [1.54, 1.807) is 24.3 Å². The number of hydrogen-bond acceptors (Lipinski definition) is 4. The third kappa shape index (κ3) is 5.94. The Morgan fingerprint density at radius 2 is 2.10 bits per heavy atom. The van der Waals surface area contributed by atoms with Gasteiger partial charge in [0, 0.05) is 19.5 Å². The molecule has 3 N–H and O–H groups in total. The lowest BCUT2D eigenvalue weighted by Gasteiger charge is -2.28. The Hall–Kier alpha value is -1.90. The molecule has 0 heterocycles. The van der Waals surface area contributed by atoms with Crippen molar-refractivity contribution in [3.05, 3.63) is 29.8 Å². The Kier molecular flexibility index (Phi) is 6.35. The third-order valence-corrected chi connectivity index (χ3v) is 3.29. The van der Waals surface area contributed by atoms with Gasteiger partial charge in [-0.2, -0.15) is 5.26 Å². The van der Waals surface area contributed by atoms with Crippen LogP contribution in [0.5, 0.6) is 0 Å². The van der Waals surface area contributed by atoms with E-state index in [4.69, 9.17) is 11.0 Å². The SMILES string of the molecule is CN(CCC(=O)Nc1ccccc1C#N)CC(C)(C)CN. The molecule has 114 valence electrons. The van der Waals surface area contributed by atoms with Gasteiger partial charge in [0.05, 0.1) is 11.3 Å². The highest BCUT2D eigenvalue weighted by molar-refractivity contribution is 5.92. The number of nitrogens with one attached hydrogen (secondary N) is 1. The molecular weight excluding hydrogens is 264 g/mol. The number of nitrogens with zero attached hydrogens (tertiary/aromatic N) is 2. The Labute approximate surface area is 126 Å². The predicted octanol–water partition coefficient (Wildman–Crippen LogP) is 1.80. The largest absolute Gasteiger partial charge is 0.330 e. The van der Waals surface area contributed by atoms with Gasteiger partial charge in [0.25, 0.3) is 0 Å². The summed E-state index contributed by atoms with van der Waals surface area (Å²) in [7, 11) is 1.98. The monoisotopic (exact) mass is 288 g/mol. The summed E-state index contributed by atoms with van der Waals surface area (Å²) in [6, 6.07) is 9.06. The lowest BCUT2D eigenvalue weighted by atomic mass is 9.93. The summed E-state index contributed by atoms with van der Waals surface area (Å²) >= 11 is 0. The van der Waals surface area contributed by atoms with Crippen LogP contribution in [0, 0.1) is 16.7 Å². The zero-order valence-electron chi connectivity index (χ0n) is 13.0. The number of amides is 1. The lowest BCUT2D eigenvalue weighted by Crippen LogP contribution is -2.37. The molecule has 0 atom stereocenters. The zero-order valence-corrected chi connectivity index (χ0v) is 13.0. The van der Waals surface area contributed by atoms with Crippen molar-refractivity contribution in [1.29, 1.82) is 5.26 Å². The number of nitrogens with two attached hydrogens (primary N) is 1. The van der Waals surface area contributed by atoms with Crippen molar-refractivity contribution in [2.24, 2.45) is 11.1 Å². The smallest absolute Gasteiger partial charge is 0.225 e. The van der Waals surface area contributed by atoms with Crippen LogP contribution in [-0.2, 0) is 4.79 Å². The molecule has 0 saturated heterocycles. The van der Waals surface area contributed by atoms with Gasteiger partial charge in [0.2, 0.25) is 5.91 Å². The van der Waals surface area contributed by atoms with E-state index in [1.165, 1.54) is 0 Å². The van der Waals surface area contributed by atoms with Gasteiger partial charge in [-0.1, -0.05) is 26.0 Å². The summed E-state index contributed by atoms with van der Waals surface area (Å²) < 4.78 is 0. The Balaban J connectivity index is 2.46. The fourth-order valence-electron chi connectivity index (χ4n) is 2.07. The summed E-state index contributed by atoms with van der Waals surface area (Å²) in [5, 5.41) is 11.8. The molecule has 0 spiro atoms. The van der Waals surface area contributed by atoms with Crippen molar-refractivity contribution in [1.82, 2.24) is 4.90 Å². The van der Waals surface area contributed by atoms with Crippen molar-refractivity contribution in [2.75, 3.05) is 32.0 Å². The lowest BCUT2D eigenvalue weighted by molar-refractivity contribution is -0.116. The van der Waals surface area contributed by atoms with E-state index in [9.17, 15) is 4.79 Å². The number of para-hydroxylation sites is 1. The Bertz CT molecular complexity index is 519. The molecule has 0 bridgehead atoms. The van der Waals surface area contributed by atoms with Crippen LogP contribution in [0.15, 0.2) is 24.3 Å². The highest BCUT2D eigenvalue weighted by Gasteiger charge is 2.18. The van der Waals surface area contributed by atoms with Gasteiger partial charge in [-0.3, -0.25) is 4.79 Å². The van der Waals surface area contributed by atoms with Crippen LogP contribution < -0.4 is 11.1 Å². The maximum absolute atomic E-state index is 11.9. The summed E-state index contributed by atoms with van der Waals surface area (Å²) in [6.07, 6.45) is 0.386. The van der Waals surface area contributed by atoms with E-state index in [2.05, 4.69) is 30.1 Å². The van der Waals surface area contributed by atoms with Crippen LogP contribution >= 0.6 is 0 Å². The minimum atomic E-state index is -0.0879. The minimum absolute atomic E-state index is 0.0403. The molecule has 0 aliphatic carbocycles. The molecule has 5 heteroatoms. The van der Waals surface area contributed by atoms with Gasteiger partial charge < -0.3 is 16.0 Å². The summed E-state index contributed by atoms with van der Waals surface area (Å²) in [5.41, 5.74) is 6.79. The average molecular weight is 288 g/mol. The standard InChI is InChI=1S/C16H24N4O/c1-16(2,11-18)12-20(3)9-8-15(21)19-14-7-5-4-6-13(14)10-17/h4-7H,8-9,11-12,18H2,1-3H3,(H,19,21). The van der Waals surface area contributed by atoms with Crippen molar-refractivity contribution in [2.45, 2.75) is 20.3 Å². The maximum Gasteiger partial charge on any atom is 0.225 e. The molecular formula is C16H24N4O. The number of benzene rings is 1. The Morgan fingerprint density at radius 3 is 2.71 bits per heavy atom. The van der Waals surface area contributed by atoms with Crippen LogP contribution in [0.1, 0.15) is 25.8 Å². The van der Waals surface area contributed by atoms with Gasteiger partial charge >= 0.3 is 0 Å². The fourth-order valence-corrected chi connectivity index (χ4v) is 2.07. The first-order chi connectivity index (χ1) is 9.88. The van der Waals surface area contributed by atoms with Crippen molar-refractivity contribution >= 4 is 11.6 Å². The van der Waals surface area contributed by atoms with Gasteiger partial charge in [-0.05, 0) is 31.1 Å². The minimum Gasteiger partial charge on any atom is -0.330 e. The molecule has 1 amide bonds. The highest BCUT2D eigenvalue weighted by Crippen LogP contribution is 2.15. The van der Waals surface area contributed by atoms with E-state index in [-0.39, 0.29) is 11.3 Å². The van der Waals surface area contributed by atoms with E-state index in [0.717, 1.165) is 6.54 Å². The molecule has 0 aliphatic heterocycles. The van der Waals surface area contributed by atoms with Gasteiger partial charge in [-0.25, -0.2) is 0 Å². The molecule has 0 fully saturated rings. The molecule has 0 aromatic heterocycles. The van der Waals surface area contributed by atoms with Crippen molar-refractivity contribution in [3.8, 4) is 6.07 Å². The predicted molar refractivity (Wildman–Crippen MR) is 84.7 cm³/mol. The second kappa shape index (κ2) is 7.77. The third-order valence-electron chi connectivity index (χ3n) is 3.29. The number of rotatable bonds is 7.